The minimum absolute atomic E-state index is 0.106. The third kappa shape index (κ3) is 6.03. The number of carbonyl (C=O) groups excluding carboxylic acids is 1. The van der Waals surface area contributed by atoms with Crippen LogP contribution in [0.4, 0.5) is 0 Å². The summed E-state index contributed by atoms with van der Waals surface area (Å²) in [6.07, 6.45) is 5.46. The Kier molecular flexibility index (Phi) is 7.21. The molecule has 0 aromatic carbocycles. The predicted octanol–water partition coefficient (Wildman–Crippen LogP) is 1.40. The Bertz CT molecular complexity index is 215. The molecule has 1 unspecified atom stereocenters. The van der Waals surface area contributed by atoms with Crippen LogP contribution in [-0.2, 0) is 9.53 Å². The summed E-state index contributed by atoms with van der Waals surface area (Å²) in [5.74, 6) is -0.106. The highest BCUT2D eigenvalue weighted by Gasteiger charge is 2.18. The molecule has 17 heavy (non-hydrogen) atoms. The van der Waals surface area contributed by atoms with Gasteiger partial charge in [-0.3, -0.25) is 4.79 Å². The third-order valence-corrected chi connectivity index (χ3v) is 3.33. The topological polar surface area (TPSA) is 41.6 Å². The van der Waals surface area contributed by atoms with Crippen molar-refractivity contribution in [3.05, 3.63) is 0 Å². The van der Waals surface area contributed by atoms with Crippen molar-refractivity contribution >= 4 is 5.97 Å². The minimum Gasteiger partial charge on any atom is -0.469 e. The number of nitrogens with zero attached hydrogens (tertiary/aromatic N) is 1. The van der Waals surface area contributed by atoms with Crippen LogP contribution in [0.3, 0.4) is 0 Å². The normalized spacial score (nSPS) is 19.8. The number of methoxy groups -OCH3 is 1. The van der Waals surface area contributed by atoms with Crippen molar-refractivity contribution in [2.24, 2.45) is 0 Å². The zero-order chi connectivity index (χ0) is 12.5. The Hall–Kier alpha value is -0.610. The molecule has 100 valence electrons. The number of hydrogen-bond acceptors (Lipinski definition) is 4. The molecule has 1 aliphatic heterocycles. The molecule has 4 nitrogen and oxygen atoms in total. The summed E-state index contributed by atoms with van der Waals surface area (Å²) in [6.45, 7) is 6.32. The molecule has 1 rings (SSSR count). The lowest BCUT2D eigenvalue weighted by molar-refractivity contribution is -0.141. The van der Waals surface area contributed by atoms with Crippen LogP contribution in [0.15, 0.2) is 0 Å². The molecule has 4 heteroatoms. The number of rotatable bonds is 8. The van der Waals surface area contributed by atoms with Gasteiger partial charge in [0.05, 0.1) is 13.5 Å². The van der Waals surface area contributed by atoms with E-state index in [0.29, 0.717) is 12.5 Å². The molecule has 0 saturated carbocycles. The number of esters is 1. The Labute approximate surface area is 105 Å². The average Bonchev–Trinajstić information content (AvgIpc) is 2.84. The standard InChI is InChI=1S/C13H26N2O2/c1-3-4-9-15(10-7-13(16)17-2)11-12-6-5-8-14-12/h12,14H,3-11H2,1-2H3. The molecule has 1 saturated heterocycles. The maximum Gasteiger partial charge on any atom is 0.306 e. The Morgan fingerprint density at radius 2 is 2.29 bits per heavy atom. The van der Waals surface area contributed by atoms with Crippen LogP contribution in [-0.4, -0.2) is 50.2 Å². The molecular weight excluding hydrogens is 216 g/mol. The van der Waals surface area contributed by atoms with Crippen molar-refractivity contribution < 1.29 is 9.53 Å². The number of hydrogen-bond donors (Lipinski definition) is 1. The van der Waals surface area contributed by atoms with E-state index in [1.54, 1.807) is 0 Å². The van der Waals surface area contributed by atoms with Gasteiger partial charge in [-0.25, -0.2) is 0 Å². The first-order chi connectivity index (χ1) is 8.26. The van der Waals surface area contributed by atoms with Crippen LogP contribution < -0.4 is 5.32 Å². The van der Waals surface area contributed by atoms with Crippen LogP contribution in [0.5, 0.6) is 0 Å². The van der Waals surface area contributed by atoms with Crippen LogP contribution >= 0.6 is 0 Å². The average molecular weight is 242 g/mol. The van der Waals surface area contributed by atoms with Gasteiger partial charge in [-0.2, -0.15) is 0 Å². The lowest BCUT2D eigenvalue weighted by Crippen LogP contribution is -2.39. The maximum absolute atomic E-state index is 11.2. The van der Waals surface area contributed by atoms with E-state index < -0.39 is 0 Å². The molecule has 1 heterocycles. The van der Waals surface area contributed by atoms with Gasteiger partial charge in [0.25, 0.3) is 0 Å². The fourth-order valence-electron chi connectivity index (χ4n) is 2.25. The van der Waals surface area contributed by atoms with E-state index in [9.17, 15) is 4.79 Å². The molecule has 1 atom stereocenters. The molecule has 1 N–H and O–H groups in total. The summed E-state index contributed by atoms with van der Waals surface area (Å²) in [5.41, 5.74) is 0. The van der Waals surface area contributed by atoms with E-state index in [4.69, 9.17) is 4.74 Å². The largest absolute Gasteiger partial charge is 0.469 e. The zero-order valence-corrected chi connectivity index (χ0v) is 11.2. The molecule has 1 fully saturated rings. The van der Waals surface area contributed by atoms with E-state index >= 15 is 0 Å². The Morgan fingerprint density at radius 3 is 2.88 bits per heavy atom. The Morgan fingerprint density at radius 1 is 1.47 bits per heavy atom. The molecule has 0 aromatic heterocycles. The summed E-state index contributed by atoms with van der Waals surface area (Å²) >= 11 is 0. The molecule has 0 aliphatic carbocycles. The molecule has 0 bridgehead atoms. The van der Waals surface area contributed by atoms with Crippen molar-refractivity contribution in [2.45, 2.75) is 45.1 Å². The second kappa shape index (κ2) is 8.48. The van der Waals surface area contributed by atoms with Crippen molar-refractivity contribution in [1.29, 1.82) is 0 Å². The summed E-state index contributed by atoms with van der Waals surface area (Å²) in [6, 6.07) is 0.615. The first-order valence-electron chi connectivity index (χ1n) is 6.78. The Balaban J connectivity index is 2.27. The van der Waals surface area contributed by atoms with Gasteiger partial charge in [-0.1, -0.05) is 13.3 Å². The van der Waals surface area contributed by atoms with Gasteiger partial charge in [0.1, 0.15) is 0 Å². The lowest BCUT2D eigenvalue weighted by atomic mass is 10.2. The predicted molar refractivity (Wildman–Crippen MR) is 69.0 cm³/mol. The number of carbonyl (C=O) groups is 1. The number of ether oxygens (including phenoxy) is 1. The summed E-state index contributed by atoms with van der Waals surface area (Å²) in [4.78, 5) is 13.6. The van der Waals surface area contributed by atoms with Crippen molar-refractivity contribution in [2.75, 3.05) is 33.3 Å². The SMILES string of the molecule is CCCCN(CCC(=O)OC)CC1CCCN1. The second-order valence-corrected chi connectivity index (χ2v) is 4.77. The van der Waals surface area contributed by atoms with Crippen LogP contribution in [0.25, 0.3) is 0 Å². The quantitative estimate of drug-likeness (QED) is 0.653. The fourth-order valence-corrected chi connectivity index (χ4v) is 2.25. The number of unbranched alkanes of at least 4 members (excludes halogenated alkanes) is 1. The maximum atomic E-state index is 11.2. The van der Waals surface area contributed by atoms with Gasteiger partial charge in [0, 0.05) is 19.1 Å². The van der Waals surface area contributed by atoms with Gasteiger partial charge >= 0.3 is 5.97 Å². The molecule has 0 spiro atoms. The number of nitrogens with one attached hydrogen (secondary N) is 1. The smallest absolute Gasteiger partial charge is 0.306 e. The third-order valence-electron chi connectivity index (χ3n) is 3.33. The molecule has 1 aliphatic rings. The van der Waals surface area contributed by atoms with E-state index in [1.165, 1.54) is 32.8 Å². The van der Waals surface area contributed by atoms with Crippen LogP contribution in [0.1, 0.15) is 39.0 Å². The fraction of sp³-hybridized carbons (Fsp3) is 0.923. The lowest BCUT2D eigenvalue weighted by Gasteiger charge is -2.25. The van der Waals surface area contributed by atoms with Crippen molar-refractivity contribution in [3.8, 4) is 0 Å². The van der Waals surface area contributed by atoms with Gasteiger partial charge in [-0.15, -0.1) is 0 Å². The highest BCUT2D eigenvalue weighted by atomic mass is 16.5. The minimum atomic E-state index is -0.106. The van der Waals surface area contributed by atoms with Gasteiger partial charge in [0.15, 0.2) is 0 Å². The van der Waals surface area contributed by atoms with Gasteiger partial charge < -0.3 is 15.0 Å². The first kappa shape index (κ1) is 14.5. The molecular formula is C13H26N2O2. The van der Waals surface area contributed by atoms with Crippen molar-refractivity contribution in [3.63, 3.8) is 0 Å². The zero-order valence-electron chi connectivity index (χ0n) is 11.2. The highest BCUT2D eigenvalue weighted by molar-refractivity contribution is 5.69. The first-order valence-corrected chi connectivity index (χ1v) is 6.78. The summed E-state index contributed by atoms with van der Waals surface area (Å²) in [7, 11) is 1.46. The van der Waals surface area contributed by atoms with E-state index in [0.717, 1.165) is 26.2 Å². The highest BCUT2D eigenvalue weighted by Crippen LogP contribution is 2.08. The van der Waals surface area contributed by atoms with E-state index in [1.807, 2.05) is 0 Å². The van der Waals surface area contributed by atoms with Gasteiger partial charge in [0.2, 0.25) is 0 Å². The summed E-state index contributed by atoms with van der Waals surface area (Å²) < 4.78 is 4.69. The van der Waals surface area contributed by atoms with Gasteiger partial charge in [-0.05, 0) is 32.4 Å². The van der Waals surface area contributed by atoms with Crippen LogP contribution in [0, 0.1) is 0 Å². The summed E-state index contributed by atoms with van der Waals surface area (Å²) in [5, 5.41) is 3.51. The second-order valence-electron chi connectivity index (χ2n) is 4.77. The van der Waals surface area contributed by atoms with E-state index in [-0.39, 0.29) is 5.97 Å². The van der Waals surface area contributed by atoms with Crippen LogP contribution in [0.2, 0.25) is 0 Å². The molecule has 0 amide bonds. The van der Waals surface area contributed by atoms with E-state index in [2.05, 4.69) is 17.1 Å². The molecule has 0 aromatic rings. The monoisotopic (exact) mass is 242 g/mol. The molecule has 0 radical (unpaired) electrons. The van der Waals surface area contributed by atoms with Crippen molar-refractivity contribution in [1.82, 2.24) is 10.2 Å².